The predicted octanol–water partition coefficient (Wildman–Crippen LogP) is 2.54. The molecule has 1 saturated carbocycles. The van der Waals surface area contributed by atoms with Gasteiger partial charge in [-0.15, -0.1) is 0 Å². The van der Waals surface area contributed by atoms with Crippen molar-refractivity contribution in [1.82, 2.24) is 10.6 Å². The van der Waals surface area contributed by atoms with Crippen molar-refractivity contribution in [2.24, 2.45) is 11.8 Å². The SMILES string of the molecule is CC1CCCC(NCC2CCCCN2)C1C. The van der Waals surface area contributed by atoms with E-state index in [4.69, 9.17) is 0 Å². The highest BCUT2D eigenvalue weighted by Crippen LogP contribution is 2.29. The van der Waals surface area contributed by atoms with Crippen LogP contribution in [0.15, 0.2) is 0 Å². The van der Waals surface area contributed by atoms with E-state index in [-0.39, 0.29) is 0 Å². The Kier molecular flexibility index (Phi) is 4.66. The molecule has 4 atom stereocenters. The van der Waals surface area contributed by atoms with Gasteiger partial charge in [-0.2, -0.15) is 0 Å². The molecule has 4 unspecified atom stereocenters. The van der Waals surface area contributed by atoms with Gasteiger partial charge in [0.1, 0.15) is 0 Å². The van der Waals surface area contributed by atoms with E-state index in [1.165, 1.54) is 51.6 Å². The lowest BCUT2D eigenvalue weighted by molar-refractivity contribution is 0.200. The third kappa shape index (κ3) is 3.21. The van der Waals surface area contributed by atoms with Gasteiger partial charge in [0.05, 0.1) is 0 Å². The summed E-state index contributed by atoms with van der Waals surface area (Å²) < 4.78 is 0. The average Bonchev–Trinajstić information content (AvgIpc) is 2.32. The molecule has 2 aliphatic rings. The van der Waals surface area contributed by atoms with Crippen molar-refractivity contribution in [2.45, 2.75) is 64.5 Å². The lowest BCUT2D eigenvalue weighted by atomic mass is 9.78. The van der Waals surface area contributed by atoms with Crippen molar-refractivity contribution in [2.75, 3.05) is 13.1 Å². The molecule has 1 heterocycles. The van der Waals surface area contributed by atoms with Gasteiger partial charge in [0, 0.05) is 18.6 Å². The maximum absolute atomic E-state index is 3.81. The van der Waals surface area contributed by atoms with Gasteiger partial charge in [-0.25, -0.2) is 0 Å². The van der Waals surface area contributed by atoms with Crippen LogP contribution < -0.4 is 10.6 Å². The first-order valence-corrected chi connectivity index (χ1v) is 7.24. The first-order chi connectivity index (χ1) is 7.77. The summed E-state index contributed by atoms with van der Waals surface area (Å²) in [5.74, 6) is 1.77. The number of nitrogens with one attached hydrogen (secondary N) is 2. The van der Waals surface area contributed by atoms with Crippen LogP contribution in [0.5, 0.6) is 0 Å². The van der Waals surface area contributed by atoms with Crippen LogP contribution in [0.25, 0.3) is 0 Å². The van der Waals surface area contributed by atoms with E-state index in [0.717, 1.165) is 23.9 Å². The third-order valence-corrected chi connectivity index (χ3v) is 4.75. The summed E-state index contributed by atoms with van der Waals surface area (Å²) in [5.41, 5.74) is 0. The largest absolute Gasteiger partial charge is 0.313 e. The molecule has 94 valence electrons. The van der Waals surface area contributed by atoms with Crippen LogP contribution in [0.1, 0.15) is 52.4 Å². The van der Waals surface area contributed by atoms with E-state index in [0.29, 0.717) is 0 Å². The van der Waals surface area contributed by atoms with Gasteiger partial charge >= 0.3 is 0 Å². The lowest BCUT2D eigenvalue weighted by Crippen LogP contribution is -2.48. The molecule has 1 aliphatic heterocycles. The Hall–Kier alpha value is -0.0800. The van der Waals surface area contributed by atoms with Gasteiger partial charge in [-0.3, -0.25) is 0 Å². The van der Waals surface area contributed by atoms with Gasteiger partial charge in [-0.05, 0) is 37.6 Å². The summed E-state index contributed by atoms with van der Waals surface area (Å²) in [4.78, 5) is 0. The molecule has 0 aromatic rings. The summed E-state index contributed by atoms with van der Waals surface area (Å²) >= 11 is 0. The standard InChI is InChI=1S/C14H28N2/c1-11-6-5-8-14(12(11)2)16-10-13-7-3-4-9-15-13/h11-16H,3-10H2,1-2H3. The van der Waals surface area contributed by atoms with Crippen molar-refractivity contribution >= 4 is 0 Å². The fraction of sp³-hybridized carbons (Fsp3) is 1.00. The first kappa shape index (κ1) is 12.4. The normalized spacial score (nSPS) is 40.9. The Morgan fingerprint density at radius 3 is 2.69 bits per heavy atom. The molecule has 0 radical (unpaired) electrons. The third-order valence-electron chi connectivity index (χ3n) is 4.75. The zero-order chi connectivity index (χ0) is 11.4. The Morgan fingerprint density at radius 2 is 1.94 bits per heavy atom. The van der Waals surface area contributed by atoms with Gasteiger partial charge in [0.15, 0.2) is 0 Å². The summed E-state index contributed by atoms with van der Waals surface area (Å²) in [6.45, 7) is 7.25. The Bertz CT molecular complexity index is 199. The molecule has 0 spiro atoms. The van der Waals surface area contributed by atoms with E-state index in [2.05, 4.69) is 24.5 Å². The molecular formula is C14H28N2. The molecule has 0 bridgehead atoms. The second-order valence-electron chi connectivity index (χ2n) is 5.93. The average molecular weight is 224 g/mol. The zero-order valence-electron chi connectivity index (χ0n) is 11.0. The Balaban J connectivity index is 1.71. The second kappa shape index (κ2) is 6.02. The number of rotatable bonds is 3. The highest BCUT2D eigenvalue weighted by molar-refractivity contribution is 4.84. The van der Waals surface area contributed by atoms with Crippen molar-refractivity contribution in [3.63, 3.8) is 0 Å². The maximum Gasteiger partial charge on any atom is 0.0192 e. The second-order valence-corrected chi connectivity index (χ2v) is 5.93. The monoisotopic (exact) mass is 224 g/mol. The van der Waals surface area contributed by atoms with Crippen LogP contribution in [-0.2, 0) is 0 Å². The lowest BCUT2D eigenvalue weighted by Gasteiger charge is -2.36. The molecule has 1 saturated heterocycles. The van der Waals surface area contributed by atoms with E-state index < -0.39 is 0 Å². The van der Waals surface area contributed by atoms with Gasteiger partial charge in [0.25, 0.3) is 0 Å². The minimum Gasteiger partial charge on any atom is -0.313 e. The van der Waals surface area contributed by atoms with Crippen LogP contribution in [0, 0.1) is 11.8 Å². The summed E-state index contributed by atoms with van der Waals surface area (Å²) in [6, 6.07) is 1.51. The smallest absolute Gasteiger partial charge is 0.0192 e. The van der Waals surface area contributed by atoms with Crippen LogP contribution in [0.2, 0.25) is 0 Å². The van der Waals surface area contributed by atoms with Crippen molar-refractivity contribution in [3.8, 4) is 0 Å². The molecule has 0 amide bonds. The molecule has 2 N–H and O–H groups in total. The fourth-order valence-electron chi connectivity index (χ4n) is 3.26. The zero-order valence-corrected chi connectivity index (χ0v) is 11.0. The maximum atomic E-state index is 3.81. The molecular weight excluding hydrogens is 196 g/mol. The molecule has 16 heavy (non-hydrogen) atoms. The van der Waals surface area contributed by atoms with Crippen LogP contribution in [0.4, 0.5) is 0 Å². The molecule has 0 aromatic heterocycles. The summed E-state index contributed by atoms with van der Waals surface area (Å²) in [7, 11) is 0. The van der Waals surface area contributed by atoms with E-state index in [1.807, 2.05) is 0 Å². The number of hydrogen-bond acceptors (Lipinski definition) is 2. The minimum atomic E-state index is 0.734. The van der Waals surface area contributed by atoms with Crippen molar-refractivity contribution < 1.29 is 0 Å². The van der Waals surface area contributed by atoms with Gasteiger partial charge < -0.3 is 10.6 Å². The van der Waals surface area contributed by atoms with E-state index in [1.54, 1.807) is 0 Å². The molecule has 2 nitrogen and oxygen atoms in total. The van der Waals surface area contributed by atoms with Crippen LogP contribution in [-0.4, -0.2) is 25.2 Å². The summed E-state index contributed by atoms with van der Waals surface area (Å²) in [5, 5.41) is 7.43. The molecule has 2 heteroatoms. The van der Waals surface area contributed by atoms with Crippen molar-refractivity contribution in [3.05, 3.63) is 0 Å². The quantitative estimate of drug-likeness (QED) is 0.770. The molecule has 1 aliphatic carbocycles. The van der Waals surface area contributed by atoms with Crippen LogP contribution >= 0.6 is 0 Å². The minimum absolute atomic E-state index is 0.734. The van der Waals surface area contributed by atoms with E-state index >= 15 is 0 Å². The topological polar surface area (TPSA) is 24.1 Å². The number of hydrogen-bond donors (Lipinski definition) is 2. The molecule has 2 rings (SSSR count). The predicted molar refractivity (Wildman–Crippen MR) is 69.6 cm³/mol. The van der Waals surface area contributed by atoms with Crippen molar-refractivity contribution in [1.29, 1.82) is 0 Å². The Labute approximate surface area is 101 Å². The van der Waals surface area contributed by atoms with E-state index in [9.17, 15) is 0 Å². The molecule has 0 aromatic carbocycles. The van der Waals surface area contributed by atoms with Gasteiger partial charge in [-0.1, -0.05) is 33.1 Å². The Morgan fingerprint density at radius 1 is 1.06 bits per heavy atom. The van der Waals surface area contributed by atoms with Crippen LogP contribution in [0.3, 0.4) is 0 Å². The number of piperidine rings is 1. The molecule has 2 fully saturated rings. The highest BCUT2D eigenvalue weighted by Gasteiger charge is 2.27. The summed E-state index contributed by atoms with van der Waals surface area (Å²) in [6.07, 6.45) is 8.38. The highest BCUT2D eigenvalue weighted by atomic mass is 15.0. The fourth-order valence-corrected chi connectivity index (χ4v) is 3.26. The first-order valence-electron chi connectivity index (χ1n) is 7.24. The van der Waals surface area contributed by atoms with Gasteiger partial charge in [0.2, 0.25) is 0 Å².